The van der Waals surface area contributed by atoms with Gasteiger partial charge in [0, 0.05) is 51.4 Å². The zero-order valence-electron chi connectivity index (χ0n) is 22.4. The number of aryl methyl sites for hydroxylation is 1. The van der Waals surface area contributed by atoms with E-state index in [0.29, 0.717) is 25.6 Å². The minimum Gasteiger partial charge on any atom is -0.453 e. The van der Waals surface area contributed by atoms with Crippen LogP contribution in [0.2, 0.25) is 0 Å². The van der Waals surface area contributed by atoms with E-state index in [1.165, 1.54) is 19.2 Å². The number of halogens is 1. The standard InChI is InChI=1S/C27H43FN4O5/c1-19-6-7-22(28)16-24(19)25(37-14-10-30-27(34)35-3)21-5-4-11-32(18-21)26(33)31-23(17-29-2)15-20-8-12-36-13-9-20/h6-7,16,20-21,23,25,29H,4-5,8-15,17-18H2,1-3H3,(H,30,34)(H,31,33). The number of likely N-dealkylation sites (tertiary alicyclic amines) is 1. The van der Waals surface area contributed by atoms with E-state index < -0.39 is 12.2 Å². The Labute approximate surface area is 219 Å². The van der Waals surface area contributed by atoms with Crippen molar-refractivity contribution in [3.8, 4) is 0 Å². The average Bonchev–Trinajstić information content (AvgIpc) is 2.91. The van der Waals surface area contributed by atoms with Gasteiger partial charge in [0.1, 0.15) is 5.82 Å². The zero-order chi connectivity index (χ0) is 26.6. The summed E-state index contributed by atoms with van der Waals surface area (Å²) in [6, 6.07) is 4.68. The Bertz CT molecular complexity index is 867. The average molecular weight is 523 g/mol. The van der Waals surface area contributed by atoms with Crippen molar-refractivity contribution in [1.82, 2.24) is 20.9 Å². The molecule has 0 aliphatic carbocycles. The topological polar surface area (TPSA) is 101 Å². The monoisotopic (exact) mass is 522 g/mol. The van der Waals surface area contributed by atoms with Crippen LogP contribution in [0, 0.1) is 24.6 Å². The van der Waals surface area contributed by atoms with Crippen molar-refractivity contribution >= 4 is 12.1 Å². The Kier molecular flexibility index (Phi) is 11.9. The number of ether oxygens (including phenoxy) is 3. The molecule has 0 saturated carbocycles. The van der Waals surface area contributed by atoms with E-state index in [2.05, 4.69) is 20.7 Å². The molecule has 3 N–H and O–H groups in total. The molecule has 0 bridgehead atoms. The van der Waals surface area contributed by atoms with Gasteiger partial charge in [0.25, 0.3) is 0 Å². The molecule has 10 heteroatoms. The van der Waals surface area contributed by atoms with Gasteiger partial charge in [-0.3, -0.25) is 0 Å². The summed E-state index contributed by atoms with van der Waals surface area (Å²) >= 11 is 0. The number of likely N-dealkylation sites (N-methyl/N-ethyl adjacent to an activating group) is 1. The highest BCUT2D eigenvalue weighted by molar-refractivity contribution is 5.74. The summed E-state index contributed by atoms with van der Waals surface area (Å²) in [6.45, 7) is 5.92. The van der Waals surface area contributed by atoms with Gasteiger partial charge in [-0.25, -0.2) is 14.0 Å². The van der Waals surface area contributed by atoms with Crippen LogP contribution < -0.4 is 16.0 Å². The molecule has 208 valence electrons. The highest BCUT2D eigenvalue weighted by atomic mass is 19.1. The third kappa shape index (κ3) is 9.12. The van der Waals surface area contributed by atoms with Crippen LogP contribution in [0.5, 0.6) is 0 Å². The maximum Gasteiger partial charge on any atom is 0.406 e. The first kappa shape index (κ1) is 29.1. The number of methoxy groups -OCH3 is 1. The quantitative estimate of drug-likeness (QED) is 0.385. The predicted molar refractivity (Wildman–Crippen MR) is 139 cm³/mol. The maximum atomic E-state index is 14.2. The largest absolute Gasteiger partial charge is 0.453 e. The number of hydrogen-bond acceptors (Lipinski definition) is 6. The van der Waals surface area contributed by atoms with Crippen LogP contribution in [0.25, 0.3) is 0 Å². The van der Waals surface area contributed by atoms with E-state index in [4.69, 9.17) is 9.47 Å². The number of carbonyl (C=O) groups excluding carboxylic acids is 2. The summed E-state index contributed by atoms with van der Waals surface area (Å²) in [6.07, 6.45) is 3.74. The van der Waals surface area contributed by atoms with Gasteiger partial charge in [-0.1, -0.05) is 6.07 Å². The summed E-state index contributed by atoms with van der Waals surface area (Å²) < 4.78 is 30.5. The van der Waals surface area contributed by atoms with Crippen LogP contribution >= 0.6 is 0 Å². The van der Waals surface area contributed by atoms with Crippen molar-refractivity contribution < 1.29 is 28.2 Å². The first-order valence-electron chi connectivity index (χ1n) is 13.4. The van der Waals surface area contributed by atoms with Gasteiger partial charge < -0.3 is 35.1 Å². The summed E-state index contributed by atoms with van der Waals surface area (Å²) in [7, 11) is 3.21. The van der Waals surface area contributed by atoms with Crippen molar-refractivity contribution in [3.63, 3.8) is 0 Å². The lowest BCUT2D eigenvalue weighted by molar-refractivity contribution is -0.00919. The van der Waals surface area contributed by atoms with Crippen molar-refractivity contribution in [2.75, 3.05) is 60.2 Å². The molecular formula is C27H43FN4O5. The number of hydrogen-bond donors (Lipinski definition) is 3. The SMILES string of the molecule is CNCC(CC1CCOCC1)NC(=O)N1CCCC(C(OCCNC(=O)OC)c2cc(F)ccc2C)C1. The van der Waals surface area contributed by atoms with Crippen LogP contribution in [0.3, 0.4) is 0 Å². The molecule has 2 aliphatic rings. The van der Waals surface area contributed by atoms with Gasteiger partial charge in [-0.15, -0.1) is 0 Å². The Hall–Kier alpha value is -2.43. The molecule has 1 aromatic carbocycles. The van der Waals surface area contributed by atoms with Crippen molar-refractivity contribution in [2.45, 2.75) is 51.2 Å². The number of urea groups is 1. The zero-order valence-corrected chi connectivity index (χ0v) is 22.4. The van der Waals surface area contributed by atoms with E-state index in [0.717, 1.165) is 56.4 Å². The number of benzene rings is 1. The molecule has 2 aliphatic heterocycles. The van der Waals surface area contributed by atoms with Gasteiger partial charge in [0.05, 0.1) is 19.8 Å². The smallest absolute Gasteiger partial charge is 0.406 e. The predicted octanol–water partition coefficient (Wildman–Crippen LogP) is 3.37. The molecule has 9 nitrogen and oxygen atoms in total. The van der Waals surface area contributed by atoms with E-state index in [1.807, 2.05) is 18.9 Å². The first-order valence-corrected chi connectivity index (χ1v) is 13.4. The van der Waals surface area contributed by atoms with Crippen LogP contribution in [-0.2, 0) is 14.2 Å². The summed E-state index contributed by atoms with van der Waals surface area (Å²) in [5, 5.41) is 9.07. The Morgan fingerprint density at radius 3 is 2.76 bits per heavy atom. The fourth-order valence-corrected chi connectivity index (χ4v) is 5.34. The summed E-state index contributed by atoms with van der Waals surface area (Å²) in [4.78, 5) is 26.6. The molecular weight excluding hydrogens is 479 g/mol. The van der Waals surface area contributed by atoms with Crippen molar-refractivity contribution in [2.24, 2.45) is 11.8 Å². The lowest BCUT2D eigenvalue weighted by Crippen LogP contribution is -2.52. The molecule has 0 spiro atoms. The molecule has 2 heterocycles. The second-order valence-electron chi connectivity index (χ2n) is 10.1. The fourth-order valence-electron chi connectivity index (χ4n) is 5.34. The second kappa shape index (κ2) is 15.1. The number of nitrogens with one attached hydrogen (secondary N) is 3. The van der Waals surface area contributed by atoms with E-state index in [9.17, 15) is 14.0 Å². The third-order valence-electron chi connectivity index (χ3n) is 7.31. The van der Waals surface area contributed by atoms with E-state index in [-0.39, 0.29) is 37.0 Å². The Morgan fingerprint density at radius 2 is 2.03 bits per heavy atom. The Morgan fingerprint density at radius 1 is 1.24 bits per heavy atom. The van der Waals surface area contributed by atoms with Crippen LogP contribution in [0.4, 0.5) is 14.0 Å². The normalized spacial score (nSPS) is 20.2. The number of amides is 3. The molecule has 0 radical (unpaired) electrons. The number of carbonyl (C=O) groups is 2. The summed E-state index contributed by atoms with van der Waals surface area (Å²) in [5.41, 5.74) is 1.71. The number of nitrogens with zero attached hydrogens (tertiary/aromatic N) is 1. The third-order valence-corrected chi connectivity index (χ3v) is 7.31. The molecule has 3 atom stereocenters. The van der Waals surface area contributed by atoms with Crippen LogP contribution in [0.1, 0.15) is 49.3 Å². The van der Waals surface area contributed by atoms with Crippen LogP contribution in [0.15, 0.2) is 18.2 Å². The molecule has 37 heavy (non-hydrogen) atoms. The van der Waals surface area contributed by atoms with Crippen molar-refractivity contribution in [3.05, 3.63) is 35.1 Å². The van der Waals surface area contributed by atoms with Gasteiger partial charge in [0.2, 0.25) is 0 Å². The molecule has 3 rings (SSSR count). The van der Waals surface area contributed by atoms with E-state index >= 15 is 0 Å². The summed E-state index contributed by atoms with van der Waals surface area (Å²) in [5.74, 6) is 0.223. The lowest BCUT2D eigenvalue weighted by atomic mass is 9.86. The minimum absolute atomic E-state index is 0.00336. The molecule has 2 saturated heterocycles. The van der Waals surface area contributed by atoms with Gasteiger partial charge >= 0.3 is 12.1 Å². The van der Waals surface area contributed by atoms with Gasteiger partial charge in [-0.05, 0) is 75.3 Å². The first-order chi connectivity index (χ1) is 17.9. The molecule has 0 aromatic heterocycles. The van der Waals surface area contributed by atoms with E-state index in [1.54, 1.807) is 6.07 Å². The highest BCUT2D eigenvalue weighted by Crippen LogP contribution is 2.35. The maximum absolute atomic E-state index is 14.2. The van der Waals surface area contributed by atoms with Crippen molar-refractivity contribution in [1.29, 1.82) is 0 Å². The molecule has 3 amide bonds. The lowest BCUT2D eigenvalue weighted by Gasteiger charge is -2.38. The second-order valence-corrected chi connectivity index (χ2v) is 10.1. The minimum atomic E-state index is -0.528. The Balaban J connectivity index is 1.66. The van der Waals surface area contributed by atoms with Crippen LogP contribution in [-0.4, -0.2) is 83.2 Å². The molecule has 3 unspecified atom stereocenters. The van der Waals surface area contributed by atoms with Gasteiger partial charge in [-0.2, -0.15) is 0 Å². The van der Waals surface area contributed by atoms with Gasteiger partial charge in [0.15, 0.2) is 0 Å². The fraction of sp³-hybridized carbons (Fsp3) is 0.704. The highest BCUT2D eigenvalue weighted by Gasteiger charge is 2.33. The molecule has 1 aromatic rings. The molecule has 2 fully saturated rings. The number of piperidine rings is 1. The number of rotatable bonds is 11. The number of alkyl carbamates (subject to hydrolysis) is 1.